The summed E-state index contributed by atoms with van der Waals surface area (Å²) in [5.41, 5.74) is 2.42. The zero-order chi connectivity index (χ0) is 25.1. The van der Waals surface area contributed by atoms with Gasteiger partial charge in [0.25, 0.3) is 0 Å². The number of hydrogen-bond acceptors (Lipinski definition) is 3. The van der Waals surface area contributed by atoms with E-state index in [2.05, 4.69) is 0 Å². The van der Waals surface area contributed by atoms with E-state index in [-0.39, 0.29) is 13.0 Å². The average molecular weight is 491 g/mol. The van der Waals surface area contributed by atoms with E-state index < -0.39 is 23.6 Å². The molecule has 1 unspecified atom stereocenters. The number of ether oxygens (including phenoxy) is 1. The lowest BCUT2D eigenvalue weighted by Gasteiger charge is -2.24. The molecule has 1 aliphatic rings. The molecule has 1 atom stereocenters. The quantitative estimate of drug-likeness (QED) is 0.258. The van der Waals surface area contributed by atoms with E-state index in [9.17, 15) is 17.6 Å². The highest BCUT2D eigenvalue weighted by Gasteiger charge is 2.35. The monoisotopic (exact) mass is 490 g/mol. The van der Waals surface area contributed by atoms with Gasteiger partial charge in [0, 0.05) is 12.0 Å². The first-order chi connectivity index (χ1) is 17.4. The minimum Gasteiger partial charge on any atom is -0.488 e. The second kappa shape index (κ2) is 9.85. The van der Waals surface area contributed by atoms with Crippen LogP contribution in [-0.2, 0) is 12.8 Å². The van der Waals surface area contributed by atoms with Gasteiger partial charge in [-0.2, -0.15) is 18.3 Å². The van der Waals surface area contributed by atoms with Crippen LogP contribution >= 0.6 is 0 Å². The summed E-state index contributed by atoms with van der Waals surface area (Å²) >= 11 is 0. The number of hydrogen-bond donors (Lipinski definition) is 0. The molecule has 0 fully saturated rings. The summed E-state index contributed by atoms with van der Waals surface area (Å²) in [5.74, 6) is 0.00486. The van der Waals surface area contributed by atoms with E-state index in [1.54, 1.807) is 17.1 Å². The molecule has 0 N–H and O–H groups in total. The second-order valence-corrected chi connectivity index (χ2v) is 8.48. The van der Waals surface area contributed by atoms with Crippen LogP contribution in [0.2, 0.25) is 0 Å². The third kappa shape index (κ3) is 5.10. The first-order valence-corrected chi connectivity index (χ1v) is 11.4. The summed E-state index contributed by atoms with van der Waals surface area (Å²) in [6.45, 7) is 0.284. The molecule has 0 radical (unpaired) electrons. The number of nitrogens with zero attached hydrogens (tertiary/aromatic N) is 2. The largest absolute Gasteiger partial charge is 0.488 e. The highest BCUT2D eigenvalue weighted by Crippen LogP contribution is 2.40. The number of benzene rings is 4. The number of hydrazone groups is 1. The van der Waals surface area contributed by atoms with Gasteiger partial charge in [0.1, 0.15) is 18.2 Å². The molecule has 0 bridgehead atoms. The molecule has 0 aromatic heterocycles. The van der Waals surface area contributed by atoms with Gasteiger partial charge < -0.3 is 4.74 Å². The Balaban J connectivity index is 1.52. The summed E-state index contributed by atoms with van der Waals surface area (Å²) in [5, 5.41) is 6.45. The van der Waals surface area contributed by atoms with Gasteiger partial charge in [0.05, 0.1) is 23.0 Å². The van der Waals surface area contributed by atoms with Gasteiger partial charge in [-0.3, -0.25) is 5.01 Å². The van der Waals surface area contributed by atoms with E-state index in [1.807, 2.05) is 60.7 Å². The van der Waals surface area contributed by atoms with Gasteiger partial charge >= 0.3 is 6.18 Å². The predicted molar refractivity (Wildman–Crippen MR) is 131 cm³/mol. The molecule has 1 aliphatic heterocycles. The summed E-state index contributed by atoms with van der Waals surface area (Å²) in [6.07, 6.45) is -4.18. The lowest BCUT2D eigenvalue weighted by Crippen LogP contribution is -2.19. The highest BCUT2D eigenvalue weighted by atomic mass is 19.4. The zero-order valence-electron chi connectivity index (χ0n) is 19.1. The molecule has 0 spiro atoms. The van der Waals surface area contributed by atoms with E-state index >= 15 is 0 Å². The number of rotatable bonds is 6. The summed E-state index contributed by atoms with van der Waals surface area (Å²) in [4.78, 5) is 0. The van der Waals surface area contributed by atoms with Crippen molar-refractivity contribution in [3.8, 4) is 5.75 Å². The lowest BCUT2D eigenvalue weighted by atomic mass is 9.96. The fourth-order valence-corrected chi connectivity index (χ4v) is 4.26. The van der Waals surface area contributed by atoms with E-state index in [0.717, 1.165) is 23.4 Å². The van der Waals surface area contributed by atoms with Crippen LogP contribution in [0.5, 0.6) is 5.75 Å². The minimum absolute atomic E-state index is 0.279. The van der Waals surface area contributed by atoms with Crippen molar-refractivity contribution in [2.24, 2.45) is 5.10 Å². The number of para-hydroxylation sites is 1. The molecule has 7 heteroatoms. The van der Waals surface area contributed by atoms with Gasteiger partial charge in [-0.05, 0) is 53.6 Å². The van der Waals surface area contributed by atoms with Gasteiger partial charge in [-0.1, -0.05) is 60.7 Å². The molecule has 0 saturated heterocycles. The van der Waals surface area contributed by atoms with Gasteiger partial charge in [-0.15, -0.1) is 0 Å². The van der Waals surface area contributed by atoms with Crippen LogP contribution in [0.1, 0.15) is 34.7 Å². The molecule has 0 amide bonds. The Bertz CT molecular complexity index is 1370. The van der Waals surface area contributed by atoms with Crippen molar-refractivity contribution in [2.75, 3.05) is 5.01 Å². The molecule has 0 aliphatic carbocycles. The smallest absolute Gasteiger partial charge is 0.416 e. The average Bonchev–Trinajstić information content (AvgIpc) is 3.34. The van der Waals surface area contributed by atoms with Crippen LogP contribution in [0.3, 0.4) is 0 Å². The summed E-state index contributed by atoms with van der Waals surface area (Å²) in [7, 11) is 0. The van der Waals surface area contributed by atoms with Crippen LogP contribution in [0.4, 0.5) is 23.2 Å². The summed E-state index contributed by atoms with van der Waals surface area (Å²) < 4.78 is 60.7. The van der Waals surface area contributed by atoms with Crippen molar-refractivity contribution in [3.63, 3.8) is 0 Å². The number of anilines is 1. The fraction of sp³-hybridized carbons (Fsp3) is 0.138. The molecule has 4 aromatic carbocycles. The fourth-order valence-electron chi connectivity index (χ4n) is 4.26. The van der Waals surface area contributed by atoms with Crippen LogP contribution in [0.15, 0.2) is 108 Å². The Morgan fingerprint density at radius 3 is 2.28 bits per heavy atom. The topological polar surface area (TPSA) is 24.8 Å². The van der Waals surface area contributed by atoms with Crippen LogP contribution in [0.25, 0.3) is 0 Å². The highest BCUT2D eigenvalue weighted by molar-refractivity contribution is 6.05. The van der Waals surface area contributed by atoms with Crippen molar-refractivity contribution < 1.29 is 22.3 Å². The zero-order valence-corrected chi connectivity index (χ0v) is 19.1. The standard InChI is InChI=1S/C29H22F4N2O/c30-23-14-15-28(36-19-20-8-3-1-4-9-20)25(17-23)26-18-27(35(34-26)24-12-5-2-6-13-24)21-10-7-11-22(16-21)29(31,32)33/h1-17,27H,18-19H2. The summed E-state index contributed by atoms with van der Waals surface area (Å²) in [6, 6.07) is 27.8. The third-order valence-electron chi connectivity index (χ3n) is 6.02. The van der Waals surface area contributed by atoms with Crippen molar-refractivity contribution in [2.45, 2.75) is 25.2 Å². The molecular formula is C29H22F4N2O. The lowest BCUT2D eigenvalue weighted by molar-refractivity contribution is -0.137. The number of alkyl halides is 3. The maximum atomic E-state index is 14.3. The minimum atomic E-state index is -4.46. The maximum absolute atomic E-state index is 14.3. The molecule has 182 valence electrons. The van der Waals surface area contributed by atoms with Crippen molar-refractivity contribution in [1.82, 2.24) is 0 Å². The first-order valence-electron chi connectivity index (χ1n) is 11.4. The van der Waals surface area contributed by atoms with E-state index in [0.29, 0.717) is 22.6 Å². The van der Waals surface area contributed by atoms with Crippen LogP contribution in [0, 0.1) is 5.82 Å². The Hall–Kier alpha value is -4.13. The normalized spacial score (nSPS) is 15.6. The molecular weight excluding hydrogens is 468 g/mol. The molecule has 36 heavy (non-hydrogen) atoms. The second-order valence-electron chi connectivity index (χ2n) is 8.48. The Labute approximate surface area is 206 Å². The number of halogens is 4. The van der Waals surface area contributed by atoms with Crippen molar-refractivity contribution >= 4 is 11.4 Å². The Kier molecular flexibility index (Phi) is 6.46. The van der Waals surface area contributed by atoms with Gasteiger partial charge in [0.2, 0.25) is 0 Å². The Morgan fingerprint density at radius 2 is 1.56 bits per heavy atom. The Morgan fingerprint density at radius 1 is 0.833 bits per heavy atom. The van der Waals surface area contributed by atoms with Gasteiger partial charge in [0.15, 0.2) is 0 Å². The SMILES string of the molecule is Fc1ccc(OCc2ccccc2)c(C2=NN(c3ccccc3)C(c3cccc(C(F)(F)F)c3)C2)c1. The van der Waals surface area contributed by atoms with E-state index in [4.69, 9.17) is 9.84 Å². The molecule has 3 nitrogen and oxygen atoms in total. The predicted octanol–water partition coefficient (Wildman–Crippen LogP) is 7.78. The third-order valence-corrected chi connectivity index (χ3v) is 6.02. The van der Waals surface area contributed by atoms with Crippen molar-refractivity contribution in [1.29, 1.82) is 0 Å². The van der Waals surface area contributed by atoms with Gasteiger partial charge in [-0.25, -0.2) is 4.39 Å². The van der Waals surface area contributed by atoms with Crippen LogP contribution in [-0.4, -0.2) is 5.71 Å². The van der Waals surface area contributed by atoms with Crippen LogP contribution < -0.4 is 9.75 Å². The molecule has 4 aromatic rings. The maximum Gasteiger partial charge on any atom is 0.416 e. The molecule has 1 heterocycles. The first kappa shape index (κ1) is 23.6. The van der Waals surface area contributed by atoms with Crippen molar-refractivity contribution in [3.05, 3.63) is 131 Å². The van der Waals surface area contributed by atoms with E-state index in [1.165, 1.54) is 18.2 Å². The molecule has 0 saturated carbocycles. The molecule has 5 rings (SSSR count).